The molecule has 1 aliphatic carbocycles. The van der Waals surface area contributed by atoms with Crippen LogP contribution in [0.15, 0.2) is 0 Å². The van der Waals surface area contributed by atoms with Crippen molar-refractivity contribution in [1.29, 1.82) is 0 Å². The zero-order valence-electron chi connectivity index (χ0n) is 11.3. The fourth-order valence-corrected chi connectivity index (χ4v) is 3.19. The molecule has 0 bridgehead atoms. The standard InChI is InChI=1S/C15H29NO/c1-2-4-7-14(8-5-3-1)13-16-11-10-15-9-6-12-17-15/h14-16H,1-13H2. The minimum absolute atomic E-state index is 0.555. The summed E-state index contributed by atoms with van der Waals surface area (Å²) in [5.74, 6) is 0.944. The second kappa shape index (κ2) is 8.10. The van der Waals surface area contributed by atoms with E-state index in [0.29, 0.717) is 6.10 Å². The van der Waals surface area contributed by atoms with Gasteiger partial charge in [-0.05, 0) is 51.1 Å². The second-order valence-corrected chi connectivity index (χ2v) is 5.84. The van der Waals surface area contributed by atoms with Gasteiger partial charge in [-0.25, -0.2) is 0 Å². The average Bonchev–Trinajstić information content (AvgIpc) is 2.79. The molecule has 0 spiro atoms. The number of hydrogen-bond donors (Lipinski definition) is 1. The first kappa shape index (κ1) is 13.4. The molecule has 1 aliphatic heterocycles. The summed E-state index contributed by atoms with van der Waals surface area (Å²) in [7, 11) is 0. The van der Waals surface area contributed by atoms with Gasteiger partial charge in [0.1, 0.15) is 0 Å². The van der Waals surface area contributed by atoms with Gasteiger partial charge in [0.25, 0.3) is 0 Å². The van der Waals surface area contributed by atoms with Crippen LogP contribution in [0.3, 0.4) is 0 Å². The third-order valence-corrected chi connectivity index (χ3v) is 4.32. The van der Waals surface area contributed by atoms with Gasteiger partial charge in [-0.2, -0.15) is 0 Å². The first-order valence-electron chi connectivity index (χ1n) is 7.77. The Morgan fingerprint density at radius 1 is 0.882 bits per heavy atom. The molecule has 100 valence electrons. The number of rotatable bonds is 5. The van der Waals surface area contributed by atoms with Crippen LogP contribution in [0.25, 0.3) is 0 Å². The minimum Gasteiger partial charge on any atom is -0.378 e. The SMILES string of the molecule is C1CCCC(CNCCC2CCCO2)CCC1. The summed E-state index contributed by atoms with van der Waals surface area (Å²) in [5.41, 5.74) is 0. The molecule has 1 heterocycles. The molecule has 2 fully saturated rings. The highest BCUT2D eigenvalue weighted by atomic mass is 16.5. The Morgan fingerprint density at radius 3 is 2.35 bits per heavy atom. The van der Waals surface area contributed by atoms with E-state index in [-0.39, 0.29) is 0 Å². The smallest absolute Gasteiger partial charge is 0.0588 e. The molecule has 2 heteroatoms. The predicted molar refractivity (Wildman–Crippen MR) is 72.3 cm³/mol. The predicted octanol–water partition coefficient (Wildman–Crippen LogP) is 3.51. The zero-order valence-corrected chi connectivity index (χ0v) is 11.3. The van der Waals surface area contributed by atoms with E-state index in [0.717, 1.165) is 19.1 Å². The summed E-state index contributed by atoms with van der Waals surface area (Å²) in [6, 6.07) is 0. The van der Waals surface area contributed by atoms with Gasteiger partial charge in [0, 0.05) is 6.61 Å². The van der Waals surface area contributed by atoms with Gasteiger partial charge in [0.15, 0.2) is 0 Å². The summed E-state index contributed by atoms with van der Waals surface area (Å²) in [5, 5.41) is 3.65. The zero-order chi connectivity index (χ0) is 11.8. The Labute approximate surface area is 107 Å². The lowest BCUT2D eigenvalue weighted by molar-refractivity contribution is 0.104. The monoisotopic (exact) mass is 239 g/mol. The van der Waals surface area contributed by atoms with Crippen LogP contribution < -0.4 is 5.32 Å². The molecule has 1 saturated carbocycles. The highest BCUT2D eigenvalue weighted by Crippen LogP contribution is 2.21. The molecule has 0 aromatic heterocycles. The van der Waals surface area contributed by atoms with Crippen LogP contribution in [0.1, 0.15) is 64.2 Å². The van der Waals surface area contributed by atoms with Crippen molar-refractivity contribution in [2.45, 2.75) is 70.3 Å². The van der Waals surface area contributed by atoms with Crippen LogP contribution in [0.2, 0.25) is 0 Å². The molecule has 2 rings (SSSR count). The van der Waals surface area contributed by atoms with E-state index in [1.54, 1.807) is 0 Å². The van der Waals surface area contributed by atoms with Crippen LogP contribution in [-0.2, 0) is 4.74 Å². The summed E-state index contributed by atoms with van der Waals surface area (Å²) in [6.07, 6.45) is 14.5. The Balaban J connectivity index is 1.50. The fourth-order valence-electron chi connectivity index (χ4n) is 3.19. The van der Waals surface area contributed by atoms with E-state index in [1.165, 1.54) is 70.8 Å². The van der Waals surface area contributed by atoms with Crippen molar-refractivity contribution in [3.05, 3.63) is 0 Å². The highest BCUT2D eigenvalue weighted by Gasteiger charge is 2.15. The average molecular weight is 239 g/mol. The van der Waals surface area contributed by atoms with E-state index >= 15 is 0 Å². The first-order valence-corrected chi connectivity index (χ1v) is 7.77. The largest absolute Gasteiger partial charge is 0.378 e. The first-order chi connectivity index (χ1) is 8.45. The summed E-state index contributed by atoms with van der Waals surface area (Å²) >= 11 is 0. The lowest BCUT2D eigenvalue weighted by Gasteiger charge is -2.20. The molecule has 2 aliphatic rings. The van der Waals surface area contributed by atoms with Crippen molar-refractivity contribution < 1.29 is 4.74 Å². The van der Waals surface area contributed by atoms with Gasteiger partial charge < -0.3 is 10.1 Å². The topological polar surface area (TPSA) is 21.3 Å². The van der Waals surface area contributed by atoms with Gasteiger partial charge in [-0.3, -0.25) is 0 Å². The van der Waals surface area contributed by atoms with Gasteiger partial charge in [0.05, 0.1) is 6.10 Å². The molecule has 0 aromatic rings. The third kappa shape index (κ3) is 5.39. The lowest BCUT2D eigenvalue weighted by Crippen LogP contribution is -2.26. The maximum atomic E-state index is 5.64. The van der Waals surface area contributed by atoms with Crippen molar-refractivity contribution in [3.63, 3.8) is 0 Å². The molecular weight excluding hydrogens is 210 g/mol. The van der Waals surface area contributed by atoms with Crippen molar-refractivity contribution in [2.24, 2.45) is 5.92 Å². The van der Waals surface area contributed by atoms with Crippen LogP contribution >= 0.6 is 0 Å². The molecule has 0 aromatic carbocycles. The van der Waals surface area contributed by atoms with Crippen molar-refractivity contribution >= 4 is 0 Å². The van der Waals surface area contributed by atoms with Crippen molar-refractivity contribution in [1.82, 2.24) is 5.32 Å². The molecule has 1 unspecified atom stereocenters. The second-order valence-electron chi connectivity index (χ2n) is 5.84. The fraction of sp³-hybridized carbons (Fsp3) is 1.00. The summed E-state index contributed by atoms with van der Waals surface area (Å²) in [6.45, 7) is 3.39. The maximum absolute atomic E-state index is 5.64. The summed E-state index contributed by atoms with van der Waals surface area (Å²) in [4.78, 5) is 0. The molecule has 1 N–H and O–H groups in total. The number of ether oxygens (including phenoxy) is 1. The lowest BCUT2D eigenvalue weighted by atomic mass is 9.91. The molecule has 17 heavy (non-hydrogen) atoms. The van der Waals surface area contributed by atoms with E-state index in [2.05, 4.69) is 5.32 Å². The van der Waals surface area contributed by atoms with Gasteiger partial charge >= 0.3 is 0 Å². The van der Waals surface area contributed by atoms with Crippen LogP contribution in [0.5, 0.6) is 0 Å². The Bertz CT molecular complexity index is 181. The van der Waals surface area contributed by atoms with Crippen LogP contribution in [0, 0.1) is 5.92 Å². The summed E-state index contributed by atoms with van der Waals surface area (Å²) < 4.78 is 5.64. The molecular formula is C15H29NO. The van der Waals surface area contributed by atoms with Crippen molar-refractivity contribution in [3.8, 4) is 0 Å². The quantitative estimate of drug-likeness (QED) is 0.741. The van der Waals surface area contributed by atoms with Gasteiger partial charge in [0.2, 0.25) is 0 Å². The van der Waals surface area contributed by atoms with E-state index in [4.69, 9.17) is 4.74 Å². The van der Waals surface area contributed by atoms with Crippen LogP contribution in [0.4, 0.5) is 0 Å². The third-order valence-electron chi connectivity index (χ3n) is 4.32. The van der Waals surface area contributed by atoms with E-state index < -0.39 is 0 Å². The molecule has 0 amide bonds. The molecule has 0 radical (unpaired) electrons. The normalized spacial score (nSPS) is 27.9. The van der Waals surface area contributed by atoms with Crippen molar-refractivity contribution in [2.75, 3.05) is 19.7 Å². The highest BCUT2D eigenvalue weighted by molar-refractivity contribution is 4.69. The Kier molecular flexibility index (Phi) is 6.36. The maximum Gasteiger partial charge on any atom is 0.0588 e. The molecule has 2 nitrogen and oxygen atoms in total. The Hall–Kier alpha value is -0.0800. The van der Waals surface area contributed by atoms with E-state index in [9.17, 15) is 0 Å². The molecule has 1 saturated heterocycles. The molecule has 1 atom stereocenters. The van der Waals surface area contributed by atoms with Gasteiger partial charge in [-0.15, -0.1) is 0 Å². The number of hydrogen-bond acceptors (Lipinski definition) is 2. The Morgan fingerprint density at radius 2 is 1.65 bits per heavy atom. The minimum atomic E-state index is 0.555. The van der Waals surface area contributed by atoms with E-state index in [1.807, 2.05) is 0 Å². The van der Waals surface area contributed by atoms with Gasteiger partial charge in [-0.1, -0.05) is 32.1 Å². The van der Waals surface area contributed by atoms with Crippen LogP contribution in [-0.4, -0.2) is 25.8 Å². The number of nitrogens with one attached hydrogen (secondary N) is 1.